The SMILES string of the molecule is N#Cc1cccnc1N1CCN(C(=O)c2occc2CSc2ccccc2)CC1. The minimum absolute atomic E-state index is 0.0835. The molecule has 1 fully saturated rings. The van der Waals surface area contributed by atoms with Crippen molar-refractivity contribution in [3.8, 4) is 6.07 Å². The van der Waals surface area contributed by atoms with Crippen LogP contribution in [0, 0.1) is 11.3 Å². The van der Waals surface area contributed by atoms with Crippen LogP contribution in [0.2, 0.25) is 0 Å². The lowest BCUT2D eigenvalue weighted by Gasteiger charge is -2.35. The number of pyridine rings is 1. The van der Waals surface area contributed by atoms with Gasteiger partial charge in [0.25, 0.3) is 5.91 Å². The summed E-state index contributed by atoms with van der Waals surface area (Å²) in [6.45, 7) is 2.39. The lowest BCUT2D eigenvalue weighted by Crippen LogP contribution is -2.49. The number of anilines is 1. The number of hydrogen-bond donors (Lipinski definition) is 0. The molecule has 4 rings (SSSR count). The van der Waals surface area contributed by atoms with E-state index in [0.29, 0.717) is 49.1 Å². The second-order valence-electron chi connectivity index (χ2n) is 6.64. The molecule has 0 aliphatic carbocycles. The van der Waals surface area contributed by atoms with E-state index in [4.69, 9.17) is 4.42 Å². The largest absolute Gasteiger partial charge is 0.459 e. The molecule has 0 saturated carbocycles. The fourth-order valence-corrected chi connectivity index (χ4v) is 4.22. The first-order valence-corrected chi connectivity index (χ1v) is 10.4. The van der Waals surface area contributed by atoms with Gasteiger partial charge in [0.05, 0.1) is 11.8 Å². The third-order valence-electron chi connectivity index (χ3n) is 4.85. The summed E-state index contributed by atoms with van der Waals surface area (Å²) in [5.41, 5.74) is 1.46. The van der Waals surface area contributed by atoms with E-state index in [0.717, 1.165) is 10.5 Å². The summed E-state index contributed by atoms with van der Waals surface area (Å²) in [6.07, 6.45) is 3.27. The quantitative estimate of drug-likeness (QED) is 0.602. The van der Waals surface area contributed by atoms with Crippen molar-refractivity contribution in [2.24, 2.45) is 0 Å². The molecule has 0 unspecified atom stereocenters. The smallest absolute Gasteiger partial charge is 0.289 e. The van der Waals surface area contributed by atoms with Gasteiger partial charge in [-0.25, -0.2) is 4.98 Å². The van der Waals surface area contributed by atoms with E-state index in [-0.39, 0.29) is 5.91 Å². The van der Waals surface area contributed by atoms with Gasteiger partial charge < -0.3 is 14.2 Å². The summed E-state index contributed by atoms with van der Waals surface area (Å²) in [7, 11) is 0. The molecule has 0 N–H and O–H groups in total. The molecule has 3 heterocycles. The Morgan fingerprint density at radius 1 is 1.10 bits per heavy atom. The van der Waals surface area contributed by atoms with Gasteiger partial charge in [0.1, 0.15) is 11.9 Å². The van der Waals surface area contributed by atoms with Crippen LogP contribution in [0.1, 0.15) is 21.7 Å². The van der Waals surface area contributed by atoms with Gasteiger partial charge in [-0.2, -0.15) is 5.26 Å². The Balaban J connectivity index is 1.39. The molecule has 3 aromatic rings. The van der Waals surface area contributed by atoms with Gasteiger partial charge in [-0.1, -0.05) is 18.2 Å². The highest BCUT2D eigenvalue weighted by Gasteiger charge is 2.27. The van der Waals surface area contributed by atoms with Crippen LogP contribution in [0.5, 0.6) is 0 Å². The minimum atomic E-state index is -0.0835. The van der Waals surface area contributed by atoms with Crippen molar-refractivity contribution in [1.82, 2.24) is 9.88 Å². The highest BCUT2D eigenvalue weighted by molar-refractivity contribution is 7.98. The molecule has 29 heavy (non-hydrogen) atoms. The van der Waals surface area contributed by atoms with Gasteiger partial charge in [-0.05, 0) is 30.3 Å². The molecule has 2 aromatic heterocycles. The van der Waals surface area contributed by atoms with Crippen molar-refractivity contribution in [2.75, 3.05) is 31.1 Å². The highest BCUT2D eigenvalue weighted by Crippen LogP contribution is 2.26. The van der Waals surface area contributed by atoms with Crippen LogP contribution in [0.3, 0.4) is 0 Å². The van der Waals surface area contributed by atoms with Crippen molar-refractivity contribution in [1.29, 1.82) is 5.26 Å². The second-order valence-corrected chi connectivity index (χ2v) is 7.69. The Bertz CT molecular complexity index is 1020. The van der Waals surface area contributed by atoms with Gasteiger partial charge in [-0.15, -0.1) is 11.8 Å². The first kappa shape index (κ1) is 19.1. The van der Waals surface area contributed by atoms with Crippen molar-refractivity contribution < 1.29 is 9.21 Å². The molecule has 0 atom stereocenters. The molecule has 0 radical (unpaired) electrons. The number of thioether (sulfide) groups is 1. The molecule has 146 valence electrons. The van der Waals surface area contributed by atoms with E-state index in [1.54, 1.807) is 41.3 Å². The van der Waals surface area contributed by atoms with E-state index in [9.17, 15) is 10.1 Å². The monoisotopic (exact) mass is 404 g/mol. The molecule has 1 aromatic carbocycles. The zero-order valence-corrected chi connectivity index (χ0v) is 16.6. The molecule has 6 nitrogen and oxygen atoms in total. The molecule has 1 aliphatic rings. The van der Waals surface area contributed by atoms with Crippen molar-refractivity contribution in [3.05, 3.63) is 77.9 Å². The number of carbonyl (C=O) groups is 1. The number of furan rings is 1. The molecule has 0 bridgehead atoms. The van der Waals surface area contributed by atoms with Crippen LogP contribution in [-0.2, 0) is 5.75 Å². The average Bonchev–Trinajstić information content (AvgIpc) is 3.26. The summed E-state index contributed by atoms with van der Waals surface area (Å²) in [6, 6.07) is 17.7. The molecule has 0 spiro atoms. The Labute approximate surface area is 173 Å². The van der Waals surface area contributed by atoms with Crippen LogP contribution in [-0.4, -0.2) is 42.0 Å². The first-order chi connectivity index (χ1) is 14.3. The third-order valence-corrected chi connectivity index (χ3v) is 5.91. The van der Waals surface area contributed by atoms with Crippen LogP contribution in [0.25, 0.3) is 0 Å². The number of benzene rings is 1. The minimum Gasteiger partial charge on any atom is -0.459 e. The second kappa shape index (κ2) is 8.84. The number of hydrogen-bond acceptors (Lipinski definition) is 6. The normalized spacial score (nSPS) is 13.9. The number of nitrogens with zero attached hydrogens (tertiary/aromatic N) is 4. The van der Waals surface area contributed by atoms with Crippen LogP contribution in [0.4, 0.5) is 5.82 Å². The van der Waals surface area contributed by atoms with Crippen LogP contribution >= 0.6 is 11.8 Å². The molecule has 1 saturated heterocycles. The fraction of sp³-hybridized carbons (Fsp3) is 0.227. The number of rotatable bonds is 5. The van der Waals surface area contributed by atoms with Gasteiger partial charge in [-0.3, -0.25) is 4.79 Å². The van der Waals surface area contributed by atoms with Crippen molar-refractivity contribution >= 4 is 23.5 Å². The number of aromatic nitrogens is 1. The predicted molar refractivity (Wildman–Crippen MR) is 112 cm³/mol. The lowest BCUT2D eigenvalue weighted by molar-refractivity contribution is 0.0713. The Morgan fingerprint density at radius 3 is 2.66 bits per heavy atom. The molecular weight excluding hydrogens is 384 g/mol. The first-order valence-electron chi connectivity index (χ1n) is 9.40. The summed E-state index contributed by atoms with van der Waals surface area (Å²) < 4.78 is 5.54. The lowest BCUT2D eigenvalue weighted by atomic mass is 10.2. The average molecular weight is 404 g/mol. The summed E-state index contributed by atoms with van der Waals surface area (Å²) in [5.74, 6) is 1.69. The Morgan fingerprint density at radius 2 is 1.90 bits per heavy atom. The van der Waals surface area contributed by atoms with Crippen molar-refractivity contribution in [2.45, 2.75) is 10.6 Å². The Hall–Kier alpha value is -3.24. The van der Waals surface area contributed by atoms with Gasteiger partial charge in [0.15, 0.2) is 5.76 Å². The highest BCUT2D eigenvalue weighted by atomic mass is 32.2. The number of piperazine rings is 1. The maximum absolute atomic E-state index is 13.0. The van der Waals surface area contributed by atoms with Gasteiger partial charge >= 0.3 is 0 Å². The van der Waals surface area contributed by atoms with E-state index in [1.165, 1.54) is 0 Å². The molecule has 1 amide bonds. The van der Waals surface area contributed by atoms with Gasteiger partial charge in [0, 0.05) is 48.6 Å². The van der Waals surface area contributed by atoms with Gasteiger partial charge in [0.2, 0.25) is 0 Å². The summed E-state index contributed by atoms with van der Waals surface area (Å²) in [5, 5.41) is 9.28. The number of nitriles is 1. The zero-order chi connectivity index (χ0) is 20.1. The van der Waals surface area contributed by atoms with Crippen molar-refractivity contribution in [3.63, 3.8) is 0 Å². The van der Waals surface area contributed by atoms with Crippen LogP contribution in [0.15, 0.2) is 70.3 Å². The maximum atomic E-state index is 13.0. The molecule has 7 heteroatoms. The van der Waals surface area contributed by atoms with E-state index in [1.807, 2.05) is 24.3 Å². The topological polar surface area (TPSA) is 73.4 Å². The number of carbonyl (C=O) groups excluding carboxylic acids is 1. The Kier molecular flexibility index (Phi) is 5.82. The standard InChI is InChI=1S/C22H20N4O2S/c23-15-17-5-4-9-24-21(17)25-10-12-26(13-11-25)22(27)20-18(8-14-28-20)16-29-19-6-2-1-3-7-19/h1-9,14H,10-13,16H2. The van der Waals surface area contributed by atoms with E-state index in [2.05, 4.69) is 28.1 Å². The maximum Gasteiger partial charge on any atom is 0.289 e. The molecule has 1 aliphatic heterocycles. The summed E-state index contributed by atoms with van der Waals surface area (Å²) in [4.78, 5) is 22.4. The predicted octanol–water partition coefficient (Wildman–Crippen LogP) is 3.80. The van der Waals surface area contributed by atoms with E-state index >= 15 is 0 Å². The van der Waals surface area contributed by atoms with Crippen LogP contribution < -0.4 is 4.90 Å². The number of amides is 1. The van der Waals surface area contributed by atoms with E-state index < -0.39 is 0 Å². The fourth-order valence-electron chi connectivity index (χ4n) is 3.32. The zero-order valence-electron chi connectivity index (χ0n) is 15.8. The summed E-state index contributed by atoms with van der Waals surface area (Å²) >= 11 is 1.68. The molecular formula is C22H20N4O2S. The third kappa shape index (κ3) is 4.28.